The first-order valence-electron chi connectivity index (χ1n) is 4.49. The summed E-state index contributed by atoms with van der Waals surface area (Å²) in [5, 5.41) is 18.6. The molecule has 0 bridgehead atoms. The SMILES string of the molecule is CC1=C[C@@H](C)Oc2cc(O)c(O)cc21. The summed E-state index contributed by atoms with van der Waals surface area (Å²) in [6.45, 7) is 3.88. The molecule has 0 fully saturated rings. The van der Waals surface area contributed by atoms with Gasteiger partial charge in [-0.2, -0.15) is 0 Å². The van der Waals surface area contributed by atoms with Gasteiger partial charge in [0.05, 0.1) is 0 Å². The van der Waals surface area contributed by atoms with E-state index in [1.165, 1.54) is 12.1 Å². The molecule has 0 saturated heterocycles. The summed E-state index contributed by atoms with van der Waals surface area (Å²) in [5.41, 5.74) is 1.88. The van der Waals surface area contributed by atoms with Crippen molar-refractivity contribution in [3.05, 3.63) is 23.8 Å². The average Bonchev–Trinajstić information content (AvgIpc) is 2.08. The van der Waals surface area contributed by atoms with Gasteiger partial charge in [0, 0.05) is 11.6 Å². The summed E-state index contributed by atoms with van der Waals surface area (Å²) >= 11 is 0. The summed E-state index contributed by atoms with van der Waals surface area (Å²) in [7, 11) is 0. The molecule has 2 N–H and O–H groups in total. The van der Waals surface area contributed by atoms with Crippen molar-refractivity contribution < 1.29 is 14.9 Å². The van der Waals surface area contributed by atoms with E-state index in [0.29, 0.717) is 5.75 Å². The zero-order valence-electron chi connectivity index (χ0n) is 8.11. The number of fused-ring (bicyclic) bond motifs is 1. The lowest BCUT2D eigenvalue weighted by atomic mass is 10.0. The van der Waals surface area contributed by atoms with Crippen LogP contribution in [-0.2, 0) is 0 Å². The van der Waals surface area contributed by atoms with E-state index in [2.05, 4.69) is 0 Å². The smallest absolute Gasteiger partial charge is 0.161 e. The van der Waals surface area contributed by atoms with Crippen molar-refractivity contribution in [2.24, 2.45) is 0 Å². The molecule has 1 aliphatic rings. The minimum Gasteiger partial charge on any atom is -0.504 e. The second-order valence-corrected chi connectivity index (χ2v) is 3.51. The van der Waals surface area contributed by atoms with Crippen LogP contribution in [0, 0.1) is 0 Å². The van der Waals surface area contributed by atoms with Crippen molar-refractivity contribution in [1.82, 2.24) is 0 Å². The van der Waals surface area contributed by atoms with Gasteiger partial charge in [-0.25, -0.2) is 0 Å². The second kappa shape index (κ2) is 2.94. The minimum atomic E-state index is -0.148. The van der Waals surface area contributed by atoms with E-state index in [1.807, 2.05) is 19.9 Å². The molecule has 0 aromatic heterocycles. The molecule has 1 aliphatic heterocycles. The van der Waals surface area contributed by atoms with E-state index in [-0.39, 0.29) is 17.6 Å². The fourth-order valence-electron chi connectivity index (χ4n) is 1.64. The minimum absolute atomic E-state index is 0.00597. The number of ether oxygens (including phenoxy) is 1. The zero-order valence-corrected chi connectivity index (χ0v) is 8.11. The highest BCUT2D eigenvalue weighted by molar-refractivity contribution is 5.73. The van der Waals surface area contributed by atoms with E-state index < -0.39 is 0 Å². The molecular weight excluding hydrogens is 180 g/mol. The van der Waals surface area contributed by atoms with Gasteiger partial charge in [0.15, 0.2) is 11.5 Å². The Morgan fingerprint density at radius 1 is 1.21 bits per heavy atom. The van der Waals surface area contributed by atoms with Gasteiger partial charge in [0.25, 0.3) is 0 Å². The van der Waals surface area contributed by atoms with Gasteiger partial charge in [-0.1, -0.05) is 0 Å². The molecule has 1 aromatic rings. The molecular formula is C11H12O3. The number of aromatic hydroxyl groups is 2. The molecule has 3 nitrogen and oxygen atoms in total. The van der Waals surface area contributed by atoms with Crippen molar-refractivity contribution in [2.45, 2.75) is 20.0 Å². The van der Waals surface area contributed by atoms with Gasteiger partial charge in [-0.3, -0.25) is 0 Å². The fraction of sp³-hybridized carbons (Fsp3) is 0.273. The number of rotatable bonds is 0. The Labute approximate surface area is 82.3 Å². The maximum absolute atomic E-state index is 9.33. The van der Waals surface area contributed by atoms with Crippen LogP contribution in [0.5, 0.6) is 17.2 Å². The monoisotopic (exact) mass is 192 g/mol. The molecule has 3 heteroatoms. The summed E-state index contributed by atoms with van der Waals surface area (Å²) in [5.74, 6) is 0.355. The van der Waals surface area contributed by atoms with Gasteiger partial charge in [-0.15, -0.1) is 0 Å². The van der Waals surface area contributed by atoms with Gasteiger partial charge >= 0.3 is 0 Å². The van der Waals surface area contributed by atoms with Crippen molar-refractivity contribution in [2.75, 3.05) is 0 Å². The number of phenols is 2. The molecule has 0 spiro atoms. The summed E-state index contributed by atoms with van der Waals surface area (Å²) in [4.78, 5) is 0. The van der Waals surface area contributed by atoms with Gasteiger partial charge < -0.3 is 14.9 Å². The second-order valence-electron chi connectivity index (χ2n) is 3.51. The lowest BCUT2D eigenvalue weighted by molar-refractivity contribution is 0.262. The first-order valence-corrected chi connectivity index (χ1v) is 4.49. The van der Waals surface area contributed by atoms with Crippen LogP contribution in [-0.4, -0.2) is 16.3 Å². The van der Waals surface area contributed by atoms with Crippen LogP contribution in [0.25, 0.3) is 5.57 Å². The molecule has 0 unspecified atom stereocenters. The van der Waals surface area contributed by atoms with Crippen molar-refractivity contribution >= 4 is 5.57 Å². The summed E-state index contributed by atoms with van der Waals surface area (Å²) in [6, 6.07) is 2.96. The predicted octanol–water partition coefficient (Wildman–Crippen LogP) is 2.28. The lowest BCUT2D eigenvalue weighted by Crippen LogP contribution is -2.13. The summed E-state index contributed by atoms with van der Waals surface area (Å²) < 4.78 is 5.49. The summed E-state index contributed by atoms with van der Waals surface area (Å²) in [6.07, 6.45) is 1.98. The molecule has 0 aliphatic carbocycles. The third-order valence-corrected chi connectivity index (χ3v) is 2.30. The Bertz CT molecular complexity index is 407. The Balaban J connectivity index is 2.59. The topological polar surface area (TPSA) is 49.7 Å². The molecule has 14 heavy (non-hydrogen) atoms. The number of hydrogen-bond donors (Lipinski definition) is 2. The molecule has 0 radical (unpaired) electrons. The average molecular weight is 192 g/mol. The van der Waals surface area contributed by atoms with Crippen LogP contribution >= 0.6 is 0 Å². The molecule has 2 rings (SSSR count). The van der Waals surface area contributed by atoms with Crippen LogP contribution < -0.4 is 4.74 Å². The molecule has 74 valence electrons. The molecule has 1 heterocycles. The highest BCUT2D eigenvalue weighted by Crippen LogP contribution is 2.39. The highest BCUT2D eigenvalue weighted by Gasteiger charge is 2.17. The van der Waals surface area contributed by atoms with Gasteiger partial charge in [-0.05, 0) is 31.6 Å². The highest BCUT2D eigenvalue weighted by atomic mass is 16.5. The van der Waals surface area contributed by atoms with Crippen LogP contribution in [0.4, 0.5) is 0 Å². The van der Waals surface area contributed by atoms with Crippen LogP contribution in [0.3, 0.4) is 0 Å². The van der Waals surface area contributed by atoms with Crippen LogP contribution in [0.2, 0.25) is 0 Å². The molecule has 0 amide bonds. The fourth-order valence-corrected chi connectivity index (χ4v) is 1.64. The number of hydrogen-bond acceptors (Lipinski definition) is 3. The van der Waals surface area contributed by atoms with Crippen molar-refractivity contribution in [1.29, 1.82) is 0 Å². The maximum atomic E-state index is 9.33. The first kappa shape index (κ1) is 8.94. The van der Waals surface area contributed by atoms with Gasteiger partial charge in [0.2, 0.25) is 0 Å². The van der Waals surface area contributed by atoms with Gasteiger partial charge in [0.1, 0.15) is 11.9 Å². The largest absolute Gasteiger partial charge is 0.504 e. The van der Waals surface area contributed by atoms with E-state index in [0.717, 1.165) is 11.1 Å². The number of benzene rings is 1. The quantitative estimate of drug-likeness (QED) is 0.620. The van der Waals surface area contributed by atoms with Crippen LogP contribution in [0.15, 0.2) is 18.2 Å². The lowest BCUT2D eigenvalue weighted by Gasteiger charge is -2.21. The van der Waals surface area contributed by atoms with Crippen molar-refractivity contribution in [3.63, 3.8) is 0 Å². The Morgan fingerprint density at radius 2 is 1.86 bits per heavy atom. The van der Waals surface area contributed by atoms with E-state index in [4.69, 9.17) is 4.74 Å². The van der Waals surface area contributed by atoms with Crippen molar-refractivity contribution in [3.8, 4) is 17.2 Å². The zero-order chi connectivity index (χ0) is 10.3. The molecule has 0 saturated carbocycles. The Kier molecular flexibility index (Phi) is 1.88. The maximum Gasteiger partial charge on any atom is 0.161 e. The van der Waals surface area contributed by atoms with E-state index in [9.17, 15) is 10.2 Å². The first-order chi connectivity index (χ1) is 6.58. The predicted molar refractivity (Wildman–Crippen MR) is 53.5 cm³/mol. The third-order valence-electron chi connectivity index (χ3n) is 2.30. The molecule has 1 aromatic carbocycles. The Hall–Kier alpha value is -1.64. The Morgan fingerprint density at radius 3 is 2.57 bits per heavy atom. The number of allylic oxidation sites excluding steroid dienone is 1. The van der Waals surface area contributed by atoms with E-state index >= 15 is 0 Å². The normalized spacial score (nSPS) is 19.6. The van der Waals surface area contributed by atoms with Crippen LogP contribution in [0.1, 0.15) is 19.4 Å². The van der Waals surface area contributed by atoms with E-state index in [1.54, 1.807) is 0 Å². The standard InChI is InChI=1S/C11H12O3/c1-6-3-7(2)14-11-5-10(13)9(12)4-8(6)11/h3-5,7,12-13H,1-2H3/t7-/m1/s1. The third kappa shape index (κ3) is 1.31. The molecule has 1 atom stereocenters. The number of phenolic OH excluding ortho intramolecular Hbond substituents is 2.